The van der Waals surface area contributed by atoms with Gasteiger partial charge in [0.15, 0.2) is 0 Å². The van der Waals surface area contributed by atoms with Crippen LogP contribution in [0.2, 0.25) is 0 Å². The Labute approximate surface area is 118 Å². The van der Waals surface area contributed by atoms with Crippen LogP contribution in [0.5, 0.6) is 0 Å². The first-order chi connectivity index (χ1) is 8.78. The fraction of sp³-hybridized carbons (Fsp3) is 0.933. The van der Waals surface area contributed by atoms with Crippen molar-refractivity contribution in [1.82, 2.24) is 15.5 Å². The van der Waals surface area contributed by atoms with E-state index in [4.69, 9.17) is 0 Å². The number of hydrogen-bond donors (Lipinski definition) is 2. The van der Waals surface area contributed by atoms with E-state index in [1.54, 1.807) is 0 Å². The molecule has 0 saturated carbocycles. The summed E-state index contributed by atoms with van der Waals surface area (Å²) in [4.78, 5) is 14.6. The first-order valence-corrected chi connectivity index (χ1v) is 7.51. The molecular formula is C15H31N3O. The van der Waals surface area contributed by atoms with Gasteiger partial charge in [-0.15, -0.1) is 0 Å². The minimum atomic E-state index is -0.154. The molecule has 1 amide bonds. The van der Waals surface area contributed by atoms with Crippen molar-refractivity contribution in [3.05, 3.63) is 0 Å². The van der Waals surface area contributed by atoms with Crippen molar-refractivity contribution in [1.29, 1.82) is 0 Å². The van der Waals surface area contributed by atoms with Gasteiger partial charge >= 0.3 is 0 Å². The first kappa shape index (κ1) is 16.4. The maximum atomic E-state index is 12.2. The van der Waals surface area contributed by atoms with Crippen molar-refractivity contribution in [2.24, 2.45) is 5.92 Å². The van der Waals surface area contributed by atoms with Crippen molar-refractivity contribution in [3.8, 4) is 0 Å². The molecule has 0 aromatic rings. The molecule has 112 valence electrons. The highest BCUT2D eigenvalue weighted by molar-refractivity contribution is 5.81. The molecule has 1 heterocycles. The molecule has 4 nitrogen and oxygen atoms in total. The molecule has 1 aliphatic heterocycles. The topological polar surface area (TPSA) is 44.4 Å². The summed E-state index contributed by atoms with van der Waals surface area (Å²) in [5.74, 6) is 0.786. The third-order valence-corrected chi connectivity index (χ3v) is 4.09. The lowest BCUT2D eigenvalue weighted by molar-refractivity contribution is -0.128. The van der Waals surface area contributed by atoms with E-state index in [1.165, 1.54) is 0 Å². The van der Waals surface area contributed by atoms with Crippen LogP contribution in [0.25, 0.3) is 0 Å². The lowest BCUT2D eigenvalue weighted by Gasteiger charge is -2.41. The number of amides is 1. The molecule has 1 rings (SSSR count). The molecule has 0 spiro atoms. The summed E-state index contributed by atoms with van der Waals surface area (Å²) in [6, 6.07) is 0.560. The lowest BCUT2D eigenvalue weighted by Crippen LogP contribution is -2.56. The Kier molecular flexibility index (Phi) is 5.81. The van der Waals surface area contributed by atoms with Gasteiger partial charge in [0, 0.05) is 24.7 Å². The molecule has 2 N–H and O–H groups in total. The van der Waals surface area contributed by atoms with E-state index >= 15 is 0 Å². The third kappa shape index (κ3) is 4.77. The van der Waals surface area contributed by atoms with Crippen LogP contribution in [-0.2, 0) is 4.79 Å². The summed E-state index contributed by atoms with van der Waals surface area (Å²) in [5, 5.41) is 6.48. The highest BCUT2D eigenvalue weighted by Crippen LogP contribution is 2.21. The maximum Gasteiger partial charge on any atom is 0.237 e. The Balaban J connectivity index is 2.58. The average molecular weight is 269 g/mol. The van der Waals surface area contributed by atoms with E-state index in [9.17, 15) is 4.79 Å². The van der Waals surface area contributed by atoms with Gasteiger partial charge in [0.2, 0.25) is 5.91 Å². The van der Waals surface area contributed by atoms with Crippen molar-refractivity contribution in [2.45, 2.75) is 65.1 Å². The van der Waals surface area contributed by atoms with Crippen LogP contribution in [-0.4, -0.2) is 48.6 Å². The molecule has 4 heteroatoms. The van der Waals surface area contributed by atoms with Crippen LogP contribution in [0.4, 0.5) is 0 Å². The minimum absolute atomic E-state index is 0.0360. The van der Waals surface area contributed by atoms with Gasteiger partial charge in [-0.05, 0) is 47.1 Å². The number of carbonyl (C=O) groups is 1. The Morgan fingerprint density at radius 3 is 2.53 bits per heavy atom. The van der Waals surface area contributed by atoms with Crippen molar-refractivity contribution < 1.29 is 4.79 Å². The normalized spacial score (nSPS) is 27.1. The average Bonchev–Trinajstić information content (AvgIpc) is 2.34. The second-order valence-electron chi connectivity index (χ2n) is 6.76. The Morgan fingerprint density at radius 2 is 2.05 bits per heavy atom. The molecule has 1 aliphatic rings. The zero-order valence-corrected chi connectivity index (χ0v) is 13.4. The van der Waals surface area contributed by atoms with E-state index < -0.39 is 0 Å². The van der Waals surface area contributed by atoms with Crippen molar-refractivity contribution >= 4 is 5.91 Å². The summed E-state index contributed by atoms with van der Waals surface area (Å²) in [7, 11) is 2.04. The number of likely N-dealkylation sites (tertiary alicyclic amines) is 1. The number of hydrogen-bond acceptors (Lipinski definition) is 3. The van der Waals surface area contributed by atoms with Crippen LogP contribution in [0.3, 0.4) is 0 Å². The van der Waals surface area contributed by atoms with Crippen LogP contribution in [0, 0.1) is 5.92 Å². The molecule has 3 atom stereocenters. The number of nitrogens with one attached hydrogen (secondary N) is 2. The molecule has 19 heavy (non-hydrogen) atoms. The van der Waals surface area contributed by atoms with E-state index in [1.807, 2.05) is 34.7 Å². The summed E-state index contributed by atoms with van der Waals surface area (Å²) in [6.45, 7) is 12.4. The van der Waals surface area contributed by atoms with Gasteiger partial charge in [-0.25, -0.2) is 0 Å². The van der Waals surface area contributed by atoms with Crippen molar-refractivity contribution in [3.63, 3.8) is 0 Å². The zero-order valence-electron chi connectivity index (χ0n) is 13.4. The van der Waals surface area contributed by atoms with Crippen LogP contribution in [0.15, 0.2) is 0 Å². The Morgan fingerprint density at radius 1 is 1.42 bits per heavy atom. The molecule has 0 aliphatic carbocycles. The minimum Gasteiger partial charge on any atom is -0.350 e. The van der Waals surface area contributed by atoms with E-state index in [-0.39, 0.29) is 17.5 Å². The predicted molar refractivity (Wildman–Crippen MR) is 80.2 cm³/mol. The SMILES string of the molecule is CCC1CN(C(C)C(=O)NC(C)(C)C)CCC1NC. The standard InChI is InChI=1S/C15H31N3O/c1-7-12-10-18(9-8-13(12)16-6)11(2)14(19)17-15(3,4)5/h11-13,16H,7-10H2,1-6H3,(H,17,19). The monoisotopic (exact) mass is 269 g/mol. The molecular weight excluding hydrogens is 238 g/mol. The Hall–Kier alpha value is -0.610. The predicted octanol–water partition coefficient (Wildman–Crippen LogP) is 1.61. The molecule has 0 bridgehead atoms. The summed E-state index contributed by atoms with van der Waals surface area (Å²) in [5.41, 5.74) is -0.154. The van der Waals surface area contributed by atoms with Gasteiger partial charge in [0.05, 0.1) is 6.04 Å². The quantitative estimate of drug-likeness (QED) is 0.815. The second-order valence-corrected chi connectivity index (χ2v) is 6.76. The smallest absolute Gasteiger partial charge is 0.237 e. The van der Waals surface area contributed by atoms with Gasteiger partial charge < -0.3 is 10.6 Å². The summed E-state index contributed by atoms with van der Waals surface area (Å²) < 4.78 is 0. The summed E-state index contributed by atoms with van der Waals surface area (Å²) >= 11 is 0. The molecule has 0 aromatic carbocycles. The molecule has 3 unspecified atom stereocenters. The molecule has 1 saturated heterocycles. The zero-order chi connectivity index (χ0) is 14.6. The highest BCUT2D eigenvalue weighted by atomic mass is 16.2. The van der Waals surface area contributed by atoms with Gasteiger partial charge in [0.25, 0.3) is 0 Å². The highest BCUT2D eigenvalue weighted by Gasteiger charge is 2.32. The van der Waals surface area contributed by atoms with Gasteiger partial charge in [-0.3, -0.25) is 9.69 Å². The fourth-order valence-electron chi connectivity index (χ4n) is 2.85. The maximum absolute atomic E-state index is 12.2. The number of piperidine rings is 1. The largest absolute Gasteiger partial charge is 0.350 e. The van der Waals surface area contributed by atoms with Crippen LogP contribution < -0.4 is 10.6 Å². The fourth-order valence-corrected chi connectivity index (χ4v) is 2.85. The molecule has 1 fully saturated rings. The molecule has 0 aromatic heterocycles. The van der Waals surface area contributed by atoms with Crippen LogP contribution in [0.1, 0.15) is 47.5 Å². The van der Waals surface area contributed by atoms with E-state index in [2.05, 4.69) is 22.5 Å². The lowest BCUT2D eigenvalue weighted by atomic mass is 9.89. The van der Waals surface area contributed by atoms with Gasteiger partial charge in [-0.2, -0.15) is 0 Å². The number of rotatable bonds is 4. The van der Waals surface area contributed by atoms with Gasteiger partial charge in [0.1, 0.15) is 0 Å². The Bertz CT molecular complexity index is 298. The summed E-state index contributed by atoms with van der Waals surface area (Å²) in [6.07, 6.45) is 2.29. The van der Waals surface area contributed by atoms with E-state index in [0.717, 1.165) is 25.9 Å². The second kappa shape index (κ2) is 6.71. The van der Waals surface area contributed by atoms with E-state index in [0.29, 0.717) is 12.0 Å². The van der Waals surface area contributed by atoms with Crippen LogP contribution >= 0.6 is 0 Å². The third-order valence-electron chi connectivity index (χ3n) is 4.09. The first-order valence-electron chi connectivity index (χ1n) is 7.51. The number of carbonyl (C=O) groups excluding carboxylic acids is 1. The number of nitrogens with zero attached hydrogens (tertiary/aromatic N) is 1. The van der Waals surface area contributed by atoms with Crippen molar-refractivity contribution in [2.75, 3.05) is 20.1 Å². The van der Waals surface area contributed by atoms with Gasteiger partial charge in [-0.1, -0.05) is 13.3 Å². The molecule has 0 radical (unpaired) electrons.